The lowest BCUT2D eigenvalue weighted by Gasteiger charge is -2.46. The van der Waals surface area contributed by atoms with Crippen LogP contribution in [-0.2, 0) is 43.6 Å². The van der Waals surface area contributed by atoms with Gasteiger partial charge in [0.2, 0.25) is 0 Å². The molecule has 2 N–H and O–H groups in total. The summed E-state index contributed by atoms with van der Waals surface area (Å²) in [7, 11) is 0. The fourth-order valence-corrected chi connectivity index (χ4v) is 4.36. The van der Waals surface area contributed by atoms with Crippen molar-refractivity contribution in [1.29, 1.82) is 0 Å². The highest BCUT2D eigenvalue weighted by molar-refractivity contribution is 5.66. The Balaban J connectivity index is 1.60. The Kier molecular flexibility index (Phi) is 9.22. The van der Waals surface area contributed by atoms with Crippen molar-refractivity contribution in [3.05, 3.63) is 108 Å². The van der Waals surface area contributed by atoms with E-state index in [2.05, 4.69) is 0 Å². The van der Waals surface area contributed by atoms with Crippen molar-refractivity contribution < 1.29 is 34.0 Å². The van der Waals surface area contributed by atoms with E-state index in [0.717, 1.165) is 16.7 Å². The summed E-state index contributed by atoms with van der Waals surface area (Å²) >= 11 is 0. The van der Waals surface area contributed by atoms with E-state index in [1.54, 1.807) is 0 Å². The normalized spacial score (nSPS) is 25.9. The molecule has 0 aliphatic heterocycles. The van der Waals surface area contributed by atoms with Crippen molar-refractivity contribution in [1.82, 2.24) is 0 Å². The minimum absolute atomic E-state index is 0.196. The van der Waals surface area contributed by atoms with Gasteiger partial charge in [0.05, 0.1) is 19.8 Å². The first-order valence-electron chi connectivity index (χ1n) is 12.0. The summed E-state index contributed by atoms with van der Waals surface area (Å²) in [5.74, 6) is -0.620. The molecule has 1 aliphatic rings. The quantitative estimate of drug-likeness (QED) is 0.419. The van der Waals surface area contributed by atoms with Crippen LogP contribution < -0.4 is 0 Å². The maximum atomic E-state index is 11.8. The highest BCUT2D eigenvalue weighted by atomic mass is 16.6. The van der Waals surface area contributed by atoms with Gasteiger partial charge in [-0.1, -0.05) is 91.0 Å². The topological polar surface area (TPSA) is 94.5 Å². The van der Waals surface area contributed by atoms with Gasteiger partial charge in [0, 0.05) is 6.92 Å². The van der Waals surface area contributed by atoms with Crippen LogP contribution in [0.4, 0.5) is 0 Å². The van der Waals surface area contributed by atoms with E-state index in [0.29, 0.717) is 0 Å². The molecule has 0 radical (unpaired) electrons. The van der Waals surface area contributed by atoms with Gasteiger partial charge in [-0.3, -0.25) is 4.79 Å². The molecule has 1 saturated carbocycles. The predicted molar refractivity (Wildman–Crippen MR) is 133 cm³/mol. The van der Waals surface area contributed by atoms with E-state index < -0.39 is 42.6 Å². The third-order valence-corrected chi connectivity index (χ3v) is 6.15. The molecule has 1 aliphatic carbocycles. The molecule has 1 fully saturated rings. The fraction of sp³-hybridized carbons (Fsp3) is 0.345. The zero-order valence-electron chi connectivity index (χ0n) is 20.2. The number of hydrogen-bond acceptors (Lipinski definition) is 7. The number of benzene rings is 3. The minimum Gasteiger partial charge on any atom is -0.457 e. The van der Waals surface area contributed by atoms with Crippen LogP contribution in [-0.4, -0.2) is 52.8 Å². The van der Waals surface area contributed by atoms with Gasteiger partial charge in [0.25, 0.3) is 0 Å². The summed E-state index contributed by atoms with van der Waals surface area (Å²) in [4.78, 5) is 11.8. The summed E-state index contributed by atoms with van der Waals surface area (Å²) in [6.07, 6.45) is -6.59. The Bertz CT molecular complexity index is 1000. The fourth-order valence-electron chi connectivity index (χ4n) is 4.36. The monoisotopic (exact) mass is 492 g/mol. The summed E-state index contributed by atoms with van der Waals surface area (Å²) in [5, 5.41) is 22.4. The van der Waals surface area contributed by atoms with Gasteiger partial charge in [-0.05, 0) is 16.7 Å². The zero-order valence-corrected chi connectivity index (χ0v) is 20.2. The summed E-state index contributed by atoms with van der Waals surface area (Å²) in [6, 6.07) is 28.7. The van der Waals surface area contributed by atoms with Crippen LogP contribution in [0.3, 0.4) is 0 Å². The van der Waals surface area contributed by atoms with Crippen molar-refractivity contribution in [2.24, 2.45) is 0 Å². The summed E-state index contributed by atoms with van der Waals surface area (Å²) in [5.41, 5.74) is 2.74. The van der Waals surface area contributed by atoms with E-state index in [1.165, 1.54) is 6.92 Å². The van der Waals surface area contributed by atoms with Crippen molar-refractivity contribution in [2.75, 3.05) is 0 Å². The second-order valence-electron chi connectivity index (χ2n) is 8.84. The standard InChI is InChI=1S/C29H32O7/c1-20(30)36-26-24(31)27(33-17-21-11-5-2-6-12-21)29(35-19-23-15-9-4-10-16-23)28(25(26)32)34-18-22-13-7-3-8-14-22/h2-16,24-29,31-32H,17-19H2,1H3/t24-,25+,26?,27+,28-,29?. The first-order valence-corrected chi connectivity index (χ1v) is 12.0. The SMILES string of the molecule is CC(=O)OC1[C@@H](O)[C@H](OCc2ccccc2)C(OCc2ccccc2)[C@H](OCc2ccccc2)[C@H]1O. The Morgan fingerprint density at radius 3 is 1.25 bits per heavy atom. The van der Waals surface area contributed by atoms with E-state index in [1.807, 2.05) is 91.0 Å². The number of carbonyl (C=O) groups excluding carboxylic acids is 1. The van der Waals surface area contributed by atoms with Gasteiger partial charge < -0.3 is 29.2 Å². The van der Waals surface area contributed by atoms with E-state index in [4.69, 9.17) is 18.9 Å². The average molecular weight is 493 g/mol. The molecule has 0 heterocycles. The van der Waals surface area contributed by atoms with Crippen molar-refractivity contribution in [3.63, 3.8) is 0 Å². The van der Waals surface area contributed by atoms with Crippen LogP contribution in [0.2, 0.25) is 0 Å². The lowest BCUT2D eigenvalue weighted by atomic mass is 9.84. The van der Waals surface area contributed by atoms with Crippen LogP contribution in [0.1, 0.15) is 23.6 Å². The molecular formula is C29H32O7. The number of esters is 1. The number of hydrogen-bond donors (Lipinski definition) is 2. The summed E-state index contributed by atoms with van der Waals surface area (Å²) < 4.78 is 23.9. The molecule has 0 amide bonds. The molecule has 4 rings (SSSR count). The maximum Gasteiger partial charge on any atom is 0.303 e. The lowest BCUT2D eigenvalue weighted by Crippen LogP contribution is -2.66. The highest BCUT2D eigenvalue weighted by Crippen LogP contribution is 2.32. The molecule has 7 nitrogen and oxygen atoms in total. The largest absolute Gasteiger partial charge is 0.457 e. The van der Waals surface area contributed by atoms with Crippen molar-refractivity contribution in [2.45, 2.75) is 63.4 Å². The Labute approximate surface area is 211 Å². The van der Waals surface area contributed by atoms with Gasteiger partial charge in [-0.2, -0.15) is 0 Å². The molecule has 190 valence electrons. The first kappa shape index (κ1) is 26.0. The molecular weight excluding hydrogens is 460 g/mol. The molecule has 0 spiro atoms. The molecule has 7 heteroatoms. The number of aliphatic hydroxyl groups excluding tert-OH is 2. The molecule has 0 aromatic heterocycles. The lowest BCUT2D eigenvalue weighted by molar-refractivity contribution is -0.267. The van der Waals surface area contributed by atoms with Crippen molar-refractivity contribution in [3.8, 4) is 0 Å². The van der Waals surface area contributed by atoms with Crippen LogP contribution >= 0.6 is 0 Å². The number of rotatable bonds is 10. The van der Waals surface area contributed by atoms with Crippen LogP contribution in [0.5, 0.6) is 0 Å². The van der Waals surface area contributed by atoms with E-state index in [-0.39, 0.29) is 19.8 Å². The van der Waals surface area contributed by atoms with Gasteiger partial charge >= 0.3 is 5.97 Å². The molecule has 3 aromatic rings. The number of ether oxygens (including phenoxy) is 4. The molecule has 0 saturated heterocycles. The van der Waals surface area contributed by atoms with Gasteiger partial charge in [0.15, 0.2) is 6.10 Å². The minimum atomic E-state index is -1.33. The average Bonchev–Trinajstić information content (AvgIpc) is 2.90. The number of aliphatic hydroxyl groups is 2. The Morgan fingerprint density at radius 2 is 0.917 bits per heavy atom. The third-order valence-electron chi connectivity index (χ3n) is 6.15. The van der Waals surface area contributed by atoms with Gasteiger partial charge in [0.1, 0.15) is 30.5 Å². The Morgan fingerprint density at radius 1 is 0.583 bits per heavy atom. The van der Waals surface area contributed by atoms with Crippen LogP contribution in [0, 0.1) is 0 Å². The first-order chi connectivity index (χ1) is 17.5. The zero-order chi connectivity index (χ0) is 25.3. The smallest absolute Gasteiger partial charge is 0.303 e. The molecule has 3 aromatic carbocycles. The Hall–Kier alpha value is -3.07. The highest BCUT2D eigenvalue weighted by Gasteiger charge is 2.53. The van der Waals surface area contributed by atoms with Crippen LogP contribution in [0.25, 0.3) is 0 Å². The van der Waals surface area contributed by atoms with E-state index in [9.17, 15) is 15.0 Å². The molecule has 0 bridgehead atoms. The van der Waals surface area contributed by atoms with Gasteiger partial charge in [-0.15, -0.1) is 0 Å². The number of carbonyl (C=O) groups is 1. The molecule has 36 heavy (non-hydrogen) atoms. The van der Waals surface area contributed by atoms with Crippen molar-refractivity contribution >= 4 is 5.97 Å². The predicted octanol–water partition coefficient (Wildman–Crippen LogP) is 3.41. The maximum absolute atomic E-state index is 11.8. The second kappa shape index (κ2) is 12.8. The molecule has 2 unspecified atom stereocenters. The van der Waals surface area contributed by atoms with Crippen LogP contribution in [0.15, 0.2) is 91.0 Å². The third kappa shape index (κ3) is 6.78. The molecule has 6 atom stereocenters. The summed E-state index contributed by atoms with van der Waals surface area (Å²) in [6.45, 7) is 1.85. The van der Waals surface area contributed by atoms with E-state index >= 15 is 0 Å². The second-order valence-corrected chi connectivity index (χ2v) is 8.84. The van der Waals surface area contributed by atoms with Gasteiger partial charge in [-0.25, -0.2) is 0 Å².